The van der Waals surface area contributed by atoms with Crippen LogP contribution in [-0.4, -0.2) is 43.1 Å². The number of nitrogens with zero attached hydrogens (tertiary/aromatic N) is 3. The standard InChI is InChI=1S/C23H23Cl2FN4O2S/c1-13-19-9-20(23(31)28-33(32)18-2-3-18)21(26)10-22(19)30(27-13)17-4-5-29(12-17)11-14-6-15(24)8-16(25)7-14/h6-10,17-18H,2-5,11-12H2,1H3,(H,28,31). The Kier molecular flexibility index (Phi) is 6.20. The maximum absolute atomic E-state index is 14.9. The van der Waals surface area contributed by atoms with E-state index in [0.717, 1.165) is 49.0 Å². The Balaban J connectivity index is 1.36. The second kappa shape index (κ2) is 8.98. The Hall–Kier alpha value is -2.00. The number of likely N-dealkylation sites (tertiary alicyclic amines) is 1. The number of benzene rings is 2. The number of nitrogens with one attached hydrogen (secondary N) is 1. The van der Waals surface area contributed by atoms with Crippen LogP contribution >= 0.6 is 23.2 Å². The minimum Gasteiger partial charge on any atom is -0.297 e. The largest absolute Gasteiger partial charge is 0.297 e. The van der Waals surface area contributed by atoms with Crippen LogP contribution in [0.15, 0.2) is 30.3 Å². The predicted octanol–water partition coefficient (Wildman–Crippen LogP) is 4.79. The molecular weight excluding hydrogens is 486 g/mol. The quantitative estimate of drug-likeness (QED) is 0.519. The second-order valence-electron chi connectivity index (χ2n) is 8.76. The zero-order valence-corrected chi connectivity index (χ0v) is 20.3. The minimum absolute atomic E-state index is 0.0153. The van der Waals surface area contributed by atoms with Crippen LogP contribution in [0.5, 0.6) is 0 Å². The Morgan fingerprint density at radius 3 is 2.61 bits per heavy atom. The van der Waals surface area contributed by atoms with E-state index in [1.165, 1.54) is 12.1 Å². The smallest absolute Gasteiger partial charge is 0.265 e. The normalized spacial score (nSPS) is 19.8. The number of carbonyl (C=O) groups excluding carboxylic acids is 1. The molecule has 3 aromatic rings. The topological polar surface area (TPSA) is 67.2 Å². The summed E-state index contributed by atoms with van der Waals surface area (Å²) in [6.07, 6.45) is 2.51. The van der Waals surface area contributed by atoms with Crippen molar-refractivity contribution in [2.75, 3.05) is 13.1 Å². The molecule has 1 amide bonds. The molecule has 33 heavy (non-hydrogen) atoms. The fourth-order valence-electron chi connectivity index (χ4n) is 4.39. The van der Waals surface area contributed by atoms with Crippen molar-refractivity contribution in [2.45, 2.75) is 44.0 Å². The van der Waals surface area contributed by atoms with Gasteiger partial charge in [-0.15, -0.1) is 0 Å². The van der Waals surface area contributed by atoms with Crippen molar-refractivity contribution in [3.8, 4) is 0 Å². The summed E-state index contributed by atoms with van der Waals surface area (Å²) in [6, 6.07) is 8.49. The summed E-state index contributed by atoms with van der Waals surface area (Å²) in [5.74, 6) is -1.30. The zero-order valence-electron chi connectivity index (χ0n) is 18.0. The fourth-order valence-corrected chi connectivity index (χ4v) is 5.99. The Bertz CT molecular complexity index is 1260. The lowest BCUT2D eigenvalue weighted by Crippen LogP contribution is -2.28. The van der Waals surface area contributed by atoms with E-state index >= 15 is 0 Å². The SMILES string of the molecule is Cc1nn(C2CCN(Cc3cc(Cl)cc(Cl)c3)C2)c2cc(F)c(C(=O)NS(=O)C3CC3)cc12. The van der Waals surface area contributed by atoms with Crippen LogP contribution in [0.25, 0.3) is 10.9 Å². The molecule has 2 heterocycles. The van der Waals surface area contributed by atoms with Crippen LogP contribution in [0.4, 0.5) is 4.39 Å². The Morgan fingerprint density at radius 2 is 1.91 bits per heavy atom. The number of amides is 1. The Labute approximate surface area is 203 Å². The first-order chi connectivity index (χ1) is 15.8. The molecule has 174 valence electrons. The molecule has 2 aromatic carbocycles. The molecule has 0 spiro atoms. The number of carbonyl (C=O) groups is 1. The van der Waals surface area contributed by atoms with Gasteiger partial charge in [0.05, 0.1) is 28.1 Å². The summed E-state index contributed by atoms with van der Waals surface area (Å²) >= 11 is 12.3. The summed E-state index contributed by atoms with van der Waals surface area (Å²) in [5, 5.41) is 6.60. The van der Waals surface area contributed by atoms with Gasteiger partial charge in [0.15, 0.2) is 0 Å². The summed E-state index contributed by atoms with van der Waals surface area (Å²) in [4.78, 5) is 14.8. The van der Waals surface area contributed by atoms with E-state index in [9.17, 15) is 13.4 Å². The maximum Gasteiger partial charge on any atom is 0.265 e. The van der Waals surface area contributed by atoms with Crippen LogP contribution in [0.3, 0.4) is 0 Å². The second-order valence-corrected chi connectivity index (χ2v) is 11.1. The highest BCUT2D eigenvalue weighted by molar-refractivity contribution is 7.84. The summed E-state index contributed by atoms with van der Waals surface area (Å²) in [7, 11) is -1.47. The van der Waals surface area contributed by atoms with Gasteiger partial charge in [-0.3, -0.25) is 19.1 Å². The maximum atomic E-state index is 14.9. The summed E-state index contributed by atoms with van der Waals surface area (Å²) in [5.41, 5.74) is 2.31. The number of aromatic nitrogens is 2. The zero-order chi connectivity index (χ0) is 23.3. The monoisotopic (exact) mass is 508 g/mol. The molecule has 2 aliphatic rings. The van der Waals surface area contributed by atoms with Crippen LogP contribution in [0, 0.1) is 12.7 Å². The fraction of sp³-hybridized carbons (Fsp3) is 0.391. The first kappa shape index (κ1) is 22.8. The average Bonchev–Trinajstić information content (AvgIpc) is 3.43. The van der Waals surface area contributed by atoms with Crippen molar-refractivity contribution in [1.29, 1.82) is 0 Å². The summed E-state index contributed by atoms with van der Waals surface area (Å²) in [6.45, 7) is 4.18. The number of fused-ring (bicyclic) bond motifs is 1. The molecule has 2 atom stereocenters. The predicted molar refractivity (Wildman–Crippen MR) is 128 cm³/mol. The first-order valence-corrected chi connectivity index (χ1v) is 12.8. The van der Waals surface area contributed by atoms with Gasteiger partial charge in [-0.25, -0.2) is 8.60 Å². The van der Waals surface area contributed by atoms with E-state index in [2.05, 4.69) is 14.7 Å². The van der Waals surface area contributed by atoms with Gasteiger partial charge in [0.25, 0.3) is 5.91 Å². The van der Waals surface area contributed by atoms with Gasteiger partial charge in [-0.05, 0) is 56.0 Å². The molecule has 1 aromatic heterocycles. The van der Waals surface area contributed by atoms with Gasteiger partial charge >= 0.3 is 0 Å². The highest BCUT2D eigenvalue weighted by Gasteiger charge is 2.31. The van der Waals surface area contributed by atoms with E-state index in [0.29, 0.717) is 22.1 Å². The van der Waals surface area contributed by atoms with E-state index in [1.807, 2.05) is 23.7 Å². The lowest BCUT2D eigenvalue weighted by atomic mass is 10.1. The molecular formula is C23H23Cl2FN4O2S. The summed E-state index contributed by atoms with van der Waals surface area (Å²) < 4.78 is 31.2. The van der Waals surface area contributed by atoms with E-state index in [4.69, 9.17) is 23.2 Å². The molecule has 1 aliphatic carbocycles. The third-order valence-corrected chi connectivity index (χ3v) is 8.07. The van der Waals surface area contributed by atoms with Crippen LogP contribution in [-0.2, 0) is 17.5 Å². The van der Waals surface area contributed by atoms with Crippen molar-refractivity contribution < 1.29 is 13.4 Å². The molecule has 1 aliphatic heterocycles. The minimum atomic E-state index is -1.47. The molecule has 1 saturated carbocycles. The molecule has 0 bridgehead atoms. The molecule has 10 heteroatoms. The van der Waals surface area contributed by atoms with Gasteiger partial charge in [0, 0.05) is 41.1 Å². The number of rotatable bonds is 6. The molecule has 5 rings (SSSR count). The highest BCUT2D eigenvalue weighted by atomic mass is 35.5. The number of hydrogen-bond donors (Lipinski definition) is 1. The lowest BCUT2D eigenvalue weighted by molar-refractivity contribution is 0.0979. The van der Waals surface area contributed by atoms with E-state index < -0.39 is 22.7 Å². The number of hydrogen-bond acceptors (Lipinski definition) is 4. The molecule has 2 fully saturated rings. The number of halogens is 3. The van der Waals surface area contributed by atoms with Gasteiger partial charge in [0.1, 0.15) is 16.8 Å². The van der Waals surface area contributed by atoms with E-state index in [-0.39, 0.29) is 16.9 Å². The molecule has 6 nitrogen and oxygen atoms in total. The van der Waals surface area contributed by atoms with Gasteiger partial charge in [-0.2, -0.15) is 5.10 Å². The lowest BCUT2D eigenvalue weighted by Gasteiger charge is -2.17. The van der Waals surface area contributed by atoms with Crippen molar-refractivity contribution in [3.63, 3.8) is 0 Å². The van der Waals surface area contributed by atoms with Gasteiger partial charge in [0.2, 0.25) is 0 Å². The molecule has 2 unspecified atom stereocenters. The highest BCUT2D eigenvalue weighted by Crippen LogP contribution is 2.31. The van der Waals surface area contributed by atoms with Crippen molar-refractivity contribution in [1.82, 2.24) is 19.4 Å². The third kappa shape index (κ3) is 4.80. The van der Waals surface area contributed by atoms with Crippen LogP contribution in [0.1, 0.15) is 46.9 Å². The first-order valence-electron chi connectivity index (χ1n) is 10.9. The molecule has 0 radical (unpaired) electrons. The van der Waals surface area contributed by atoms with Gasteiger partial charge in [-0.1, -0.05) is 23.2 Å². The van der Waals surface area contributed by atoms with Crippen LogP contribution in [0.2, 0.25) is 10.0 Å². The van der Waals surface area contributed by atoms with Crippen LogP contribution < -0.4 is 4.72 Å². The van der Waals surface area contributed by atoms with Crippen molar-refractivity contribution >= 4 is 51.0 Å². The van der Waals surface area contributed by atoms with E-state index in [1.54, 1.807) is 6.07 Å². The van der Waals surface area contributed by atoms with Crippen molar-refractivity contribution in [3.05, 3.63) is 63.0 Å². The molecule has 1 saturated heterocycles. The Morgan fingerprint density at radius 1 is 1.18 bits per heavy atom. The van der Waals surface area contributed by atoms with Crippen molar-refractivity contribution in [2.24, 2.45) is 0 Å². The van der Waals surface area contributed by atoms with Gasteiger partial charge < -0.3 is 0 Å². The average molecular weight is 509 g/mol. The molecule has 1 N–H and O–H groups in total. The third-order valence-electron chi connectivity index (χ3n) is 6.17. The number of aryl methyl sites for hydroxylation is 1.